The third-order valence-corrected chi connectivity index (χ3v) is 3.93. The minimum absolute atomic E-state index is 0.00346. The van der Waals surface area contributed by atoms with E-state index < -0.39 is 0 Å². The molecule has 0 unspecified atom stereocenters. The van der Waals surface area contributed by atoms with E-state index in [0.29, 0.717) is 5.69 Å². The van der Waals surface area contributed by atoms with Gasteiger partial charge in [0, 0.05) is 17.4 Å². The average molecular weight is 341 g/mol. The SMILES string of the molecule is CCC(CC)C(=O)N(C)CC(=O)Nc1ccccc1Br. The van der Waals surface area contributed by atoms with Gasteiger partial charge in [-0.25, -0.2) is 0 Å². The van der Waals surface area contributed by atoms with Gasteiger partial charge in [-0.2, -0.15) is 0 Å². The molecular weight excluding hydrogens is 320 g/mol. The second-order valence-corrected chi connectivity index (χ2v) is 5.59. The molecule has 0 spiro atoms. The van der Waals surface area contributed by atoms with Crippen molar-refractivity contribution >= 4 is 33.4 Å². The fraction of sp³-hybridized carbons (Fsp3) is 0.467. The highest BCUT2D eigenvalue weighted by atomic mass is 79.9. The Morgan fingerprint density at radius 3 is 2.40 bits per heavy atom. The highest BCUT2D eigenvalue weighted by molar-refractivity contribution is 9.10. The highest BCUT2D eigenvalue weighted by Gasteiger charge is 2.20. The van der Waals surface area contributed by atoms with Crippen LogP contribution in [0.5, 0.6) is 0 Å². The van der Waals surface area contributed by atoms with Gasteiger partial charge in [-0.1, -0.05) is 26.0 Å². The van der Waals surface area contributed by atoms with E-state index in [1.54, 1.807) is 7.05 Å². The van der Waals surface area contributed by atoms with Crippen LogP contribution in [0.2, 0.25) is 0 Å². The van der Waals surface area contributed by atoms with Gasteiger partial charge in [-0.15, -0.1) is 0 Å². The summed E-state index contributed by atoms with van der Waals surface area (Å²) in [6.07, 6.45) is 1.59. The Labute approximate surface area is 128 Å². The van der Waals surface area contributed by atoms with Crippen LogP contribution in [0, 0.1) is 5.92 Å². The van der Waals surface area contributed by atoms with Gasteiger partial charge in [0.05, 0.1) is 12.2 Å². The number of likely N-dealkylation sites (N-methyl/N-ethyl adjacent to an activating group) is 1. The van der Waals surface area contributed by atoms with Crippen molar-refractivity contribution < 1.29 is 9.59 Å². The third kappa shape index (κ3) is 4.63. The molecule has 1 N–H and O–H groups in total. The fourth-order valence-corrected chi connectivity index (χ4v) is 2.38. The molecule has 5 heteroatoms. The first-order chi connectivity index (χ1) is 9.49. The molecule has 0 radical (unpaired) electrons. The first-order valence-corrected chi connectivity index (χ1v) is 7.58. The van der Waals surface area contributed by atoms with Gasteiger partial charge in [0.1, 0.15) is 0 Å². The summed E-state index contributed by atoms with van der Waals surface area (Å²) in [5, 5.41) is 2.79. The molecule has 0 bridgehead atoms. The van der Waals surface area contributed by atoms with Crippen LogP contribution in [0.1, 0.15) is 26.7 Å². The zero-order valence-corrected chi connectivity index (χ0v) is 13.7. The lowest BCUT2D eigenvalue weighted by molar-refractivity contribution is -0.137. The average Bonchev–Trinajstić information content (AvgIpc) is 2.42. The lowest BCUT2D eigenvalue weighted by Gasteiger charge is -2.21. The van der Waals surface area contributed by atoms with Gasteiger partial charge < -0.3 is 10.2 Å². The predicted octanol–water partition coefficient (Wildman–Crippen LogP) is 3.28. The molecule has 1 aromatic carbocycles. The molecule has 1 rings (SSSR count). The number of para-hydroxylation sites is 1. The fourth-order valence-electron chi connectivity index (χ4n) is 2.00. The summed E-state index contributed by atoms with van der Waals surface area (Å²) in [4.78, 5) is 25.5. The van der Waals surface area contributed by atoms with Crippen molar-refractivity contribution in [3.05, 3.63) is 28.7 Å². The van der Waals surface area contributed by atoms with Crippen LogP contribution in [0.25, 0.3) is 0 Å². The van der Waals surface area contributed by atoms with Crippen LogP contribution in [0.15, 0.2) is 28.7 Å². The van der Waals surface area contributed by atoms with E-state index in [9.17, 15) is 9.59 Å². The Morgan fingerprint density at radius 1 is 1.25 bits per heavy atom. The molecule has 0 heterocycles. The lowest BCUT2D eigenvalue weighted by Crippen LogP contribution is -2.38. The Morgan fingerprint density at radius 2 is 1.85 bits per heavy atom. The van der Waals surface area contributed by atoms with Gasteiger partial charge in [0.2, 0.25) is 11.8 Å². The van der Waals surface area contributed by atoms with E-state index in [2.05, 4.69) is 21.2 Å². The van der Waals surface area contributed by atoms with Crippen molar-refractivity contribution in [3.8, 4) is 0 Å². The molecule has 0 atom stereocenters. The quantitative estimate of drug-likeness (QED) is 0.863. The van der Waals surface area contributed by atoms with Crippen molar-refractivity contribution in [3.63, 3.8) is 0 Å². The summed E-state index contributed by atoms with van der Waals surface area (Å²) >= 11 is 3.37. The van der Waals surface area contributed by atoms with Crippen molar-refractivity contribution in [1.29, 1.82) is 0 Å². The minimum Gasteiger partial charge on any atom is -0.336 e. The Bertz CT molecular complexity index is 473. The van der Waals surface area contributed by atoms with E-state index in [1.807, 2.05) is 38.1 Å². The van der Waals surface area contributed by atoms with Crippen LogP contribution in [-0.4, -0.2) is 30.3 Å². The maximum atomic E-state index is 12.1. The summed E-state index contributed by atoms with van der Waals surface area (Å²) in [7, 11) is 1.67. The number of hydrogen-bond acceptors (Lipinski definition) is 2. The van der Waals surface area contributed by atoms with Crippen LogP contribution in [-0.2, 0) is 9.59 Å². The first kappa shape index (κ1) is 16.7. The number of amides is 2. The van der Waals surface area contributed by atoms with E-state index in [1.165, 1.54) is 4.90 Å². The molecular formula is C15H21BrN2O2. The summed E-state index contributed by atoms with van der Waals surface area (Å²) < 4.78 is 0.822. The molecule has 0 aromatic heterocycles. The second kappa shape index (κ2) is 8.04. The van der Waals surface area contributed by atoms with Gasteiger partial charge in [-0.05, 0) is 40.9 Å². The number of halogens is 1. The van der Waals surface area contributed by atoms with Crippen molar-refractivity contribution in [2.45, 2.75) is 26.7 Å². The molecule has 2 amide bonds. The van der Waals surface area contributed by atoms with Gasteiger partial charge in [0.25, 0.3) is 0 Å². The second-order valence-electron chi connectivity index (χ2n) is 4.74. The zero-order chi connectivity index (χ0) is 15.1. The molecule has 0 saturated carbocycles. The maximum absolute atomic E-state index is 12.1. The largest absolute Gasteiger partial charge is 0.336 e. The Hall–Kier alpha value is -1.36. The predicted molar refractivity (Wildman–Crippen MR) is 84.5 cm³/mol. The van der Waals surface area contributed by atoms with Crippen LogP contribution < -0.4 is 5.32 Å². The van der Waals surface area contributed by atoms with Crippen molar-refractivity contribution in [1.82, 2.24) is 4.90 Å². The molecule has 20 heavy (non-hydrogen) atoms. The summed E-state index contributed by atoms with van der Waals surface area (Å²) in [6, 6.07) is 7.39. The normalized spacial score (nSPS) is 10.4. The number of carbonyl (C=O) groups excluding carboxylic acids is 2. The smallest absolute Gasteiger partial charge is 0.244 e. The minimum atomic E-state index is -0.196. The van der Waals surface area contributed by atoms with Gasteiger partial charge in [0.15, 0.2) is 0 Å². The molecule has 0 aliphatic rings. The summed E-state index contributed by atoms with van der Waals surface area (Å²) in [5.74, 6) is -0.174. The standard InChI is InChI=1S/C15H21BrN2O2/c1-4-11(5-2)15(20)18(3)10-14(19)17-13-9-7-6-8-12(13)16/h6-9,11H,4-5,10H2,1-3H3,(H,17,19). The van der Waals surface area contributed by atoms with E-state index in [0.717, 1.165) is 17.3 Å². The topological polar surface area (TPSA) is 49.4 Å². The third-order valence-electron chi connectivity index (χ3n) is 3.24. The lowest BCUT2D eigenvalue weighted by atomic mass is 10.0. The molecule has 0 fully saturated rings. The number of anilines is 1. The van der Waals surface area contributed by atoms with Crippen molar-refractivity contribution in [2.75, 3.05) is 18.9 Å². The van der Waals surface area contributed by atoms with Crippen LogP contribution in [0.3, 0.4) is 0 Å². The highest BCUT2D eigenvalue weighted by Crippen LogP contribution is 2.21. The van der Waals surface area contributed by atoms with E-state index >= 15 is 0 Å². The summed E-state index contributed by atoms with van der Waals surface area (Å²) in [5.41, 5.74) is 0.709. The van der Waals surface area contributed by atoms with Gasteiger partial charge in [-0.3, -0.25) is 9.59 Å². The number of carbonyl (C=O) groups is 2. The van der Waals surface area contributed by atoms with Crippen LogP contribution in [0.4, 0.5) is 5.69 Å². The maximum Gasteiger partial charge on any atom is 0.244 e. The molecule has 0 aliphatic heterocycles. The van der Waals surface area contributed by atoms with Gasteiger partial charge >= 0.3 is 0 Å². The van der Waals surface area contributed by atoms with E-state index in [4.69, 9.17) is 0 Å². The summed E-state index contributed by atoms with van der Waals surface area (Å²) in [6.45, 7) is 4.04. The molecule has 110 valence electrons. The molecule has 0 saturated heterocycles. The van der Waals surface area contributed by atoms with E-state index in [-0.39, 0.29) is 24.3 Å². The van der Waals surface area contributed by atoms with Crippen LogP contribution >= 0.6 is 15.9 Å². The Balaban J connectivity index is 2.58. The number of benzene rings is 1. The number of hydrogen-bond donors (Lipinski definition) is 1. The monoisotopic (exact) mass is 340 g/mol. The molecule has 1 aromatic rings. The first-order valence-electron chi connectivity index (χ1n) is 6.78. The molecule has 4 nitrogen and oxygen atoms in total. The van der Waals surface area contributed by atoms with Crippen molar-refractivity contribution in [2.24, 2.45) is 5.92 Å². The number of rotatable bonds is 6. The Kier molecular flexibility index (Phi) is 6.71. The zero-order valence-electron chi connectivity index (χ0n) is 12.1. The molecule has 0 aliphatic carbocycles. The number of nitrogens with zero attached hydrogens (tertiary/aromatic N) is 1. The number of nitrogens with one attached hydrogen (secondary N) is 1.